The molecule has 1 heterocycles. The minimum absolute atomic E-state index is 0.0867. The van der Waals surface area contributed by atoms with Crippen molar-refractivity contribution in [3.8, 4) is 11.6 Å². The standard InChI is InChI=1S/C13H9BrFNO3/c1-7-4-8(13(17)18)5-12(16-7)19-9-2-3-11(15)10(14)6-9/h2-6H,1H3,(H,17,18). The van der Waals surface area contributed by atoms with Crippen molar-refractivity contribution < 1.29 is 19.0 Å². The number of halogens is 2. The van der Waals surface area contributed by atoms with Crippen LogP contribution in [0.1, 0.15) is 16.1 Å². The second kappa shape index (κ2) is 5.36. The fraction of sp³-hybridized carbons (Fsp3) is 0.0769. The van der Waals surface area contributed by atoms with E-state index in [1.165, 1.54) is 30.3 Å². The summed E-state index contributed by atoms with van der Waals surface area (Å²) in [6.07, 6.45) is 0. The van der Waals surface area contributed by atoms with Crippen molar-refractivity contribution in [1.82, 2.24) is 4.98 Å². The van der Waals surface area contributed by atoms with Crippen molar-refractivity contribution in [3.63, 3.8) is 0 Å². The summed E-state index contributed by atoms with van der Waals surface area (Å²) in [6, 6.07) is 6.88. The number of aromatic carboxylic acids is 1. The van der Waals surface area contributed by atoms with Gasteiger partial charge in [-0.1, -0.05) is 0 Å². The zero-order valence-electron chi connectivity index (χ0n) is 9.85. The van der Waals surface area contributed by atoms with Crippen molar-refractivity contribution in [3.05, 3.63) is 51.9 Å². The van der Waals surface area contributed by atoms with Crippen molar-refractivity contribution in [2.24, 2.45) is 0 Å². The predicted molar refractivity (Wildman–Crippen MR) is 70.1 cm³/mol. The van der Waals surface area contributed by atoms with Crippen LogP contribution < -0.4 is 4.74 Å². The summed E-state index contributed by atoms with van der Waals surface area (Å²) < 4.78 is 18.8. The molecule has 0 saturated carbocycles. The summed E-state index contributed by atoms with van der Waals surface area (Å²) in [7, 11) is 0. The molecule has 2 rings (SSSR count). The molecule has 4 nitrogen and oxygen atoms in total. The highest BCUT2D eigenvalue weighted by molar-refractivity contribution is 9.10. The van der Waals surface area contributed by atoms with Crippen LogP contribution in [-0.2, 0) is 0 Å². The average Bonchev–Trinajstić information content (AvgIpc) is 2.33. The fourth-order valence-corrected chi connectivity index (χ4v) is 1.83. The molecule has 98 valence electrons. The van der Waals surface area contributed by atoms with Crippen LogP contribution in [0.3, 0.4) is 0 Å². The molecule has 2 aromatic rings. The van der Waals surface area contributed by atoms with Gasteiger partial charge >= 0.3 is 5.97 Å². The van der Waals surface area contributed by atoms with E-state index in [1.807, 2.05) is 0 Å². The Hall–Kier alpha value is -1.95. The fourth-order valence-electron chi connectivity index (χ4n) is 1.47. The van der Waals surface area contributed by atoms with Gasteiger partial charge in [-0.3, -0.25) is 0 Å². The van der Waals surface area contributed by atoms with Gasteiger partial charge in [0.05, 0.1) is 10.0 Å². The van der Waals surface area contributed by atoms with Crippen molar-refractivity contribution >= 4 is 21.9 Å². The Morgan fingerprint density at radius 2 is 2.11 bits per heavy atom. The van der Waals surface area contributed by atoms with Crippen LogP contribution >= 0.6 is 15.9 Å². The third kappa shape index (κ3) is 3.29. The summed E-state index contributed by atoms with van der Waals surface area (Å²) in [5, 5.41) is 8.94. The minimum Gasteiger partial charge on any atom is -0.478 e. The van der Waals surface area contributed by atoms with Gasteiger partial charge in [-0.15, -0.1) is 0 Å². The predicted octanol–water partition coefficient (Wildman–Crippen LogP) is 3.78. The van der Waals surface area contributed by atoms with Gasteiger partial charge < -0.3 is 9.84 Å². The molecule has 0 aliphatic heterocycles. The van der Waals surface area contributed by atoms with Gasteiger partial charge in [0.25, 0.3) is 0 Å². The van der Waals surface area contributed by atoms with Gasteiger partial charge in [0.2, 0.25) is 5.88 Å². The average molecular weight is 326 g/mol. The first-order chi connectivity index (χ1) is 8.95. The number of aryl methyl sites for hydroxylation is 1. The van der Waals surface area contributed by atoms with Crippen LogP contribution in [0, 0.1) is 12.7 Å². The number of carbonyl (C=O) groups is 1. The lowest BCUT2D eigenvalue weighted by Crippen LogP contribution is -2.00. The molecule has 0 fully saturated rings. The molecule has 0 saturated heterocycles. The highest BCUT2D eigenvalue weighted by atomic mass is 79.9. The Morgan fingerprint density at radius 1 is 1.37 bits per heavy atom. The number of hydrogen-bond acceptors (Lipinski definition) is 3. The Kier molecular flexibility index (Phi) is 3.80. The first-order valence-electron chi connectivity index (χ1n) is 5.30. The molecule has 0 unspecified atom stereocenters. The van der Waals surface area contributed by atoms with E-state index in [0.29, 0.717) is 11.4 Å². The van der Waals surface area contributed by atoms with Crippen molar-refractivity contribution in [1.29, 1.82) is 0 Å². The lowest BCUT2D eigenvalue weighted by atomic mass is 10.2. The van der Waals surface area contributed by atoms with Crippen LogP contribution in [0.4, 0.5) is 4.39 Å². The number of carboxylic acid groups (broad SMARTS) is 1. The largest absolute Gasteiger partial charge is 0.478 e. The molecule has 1 aromatic heterocycles. The summed E-state index contributed by atoms with van der Waals surface area (Å²) in [5.41, 5.74) is 0.611. The summed E-state index contributed by atoms with van der Waals surface area (Å²) in [4.78, 5) is 15.0. The highest BCUT2D eigenvalue weighted by Crippen LogP contribution is 2.26. The second-order valence-corrected chi connectivity index (χ2v) is 4.67. The number of benzene rings is 1. The van der Waals surface area contributed by atoms with Gasteiger partial charge in [-0.25, -0.2) is 14.2 Å². The van der Waals surface area contributed by atoms with Gasteiger partial charge in [-0.2, -0.15) is 0 Å². The molecule has 0 aliphatic rings. The number of rotatable bonds is 3. The number of aromatic nitrogens is 1. The lowest BCUT2D eigenvalue weighted by Gasteiger charge is -2.07. The van der Waals surface area contributed by atoms with Crippen LogP contribution in [0.2, 0.25) is 0 Å². The van der Waals surface area contributed by atoms with E-state index in [-0.39, 0.29) is 15.9 Å². The normalized spacial score (nSPS) is 10.3. The van der Waals surface area contributed by atoms with Crippen LogP contribution in [0.15, 0.2) is 34.8 Å². The number of ether oxygens (including phenoxy) is 1. The smallest absolute Gasteiger partial charge is 0.335 e. The molecule has 1 aromatic carbocycles. The van der Waals surface area contributed by atoms with E-state index in [0.717, 1.165) is 0 Å². The maximum atomic E-state index is 13.1. The van der Waals surface area contributed by atoms with E-state index in [9.17, 15) is 9.18 Å². The van der Waals surface area contributed by atoms with E-state index in [2.05, 4.69) is 20.9 Å². The summed E-state index contributed by atoms with van der Waals surface area (Å²) in [6.45, 7) is 1.67. The Bertz CT molecular complexity index is 646. The SMILES string of the molecule is Cc1cc(C(=O)O)cc(Oc2ccc(F)c(Br)c2)n1. The zero-order valence-corrected chi connectivity index (χ0v) is 11.4. The van der Waals surface area contributed by atoms with E-state index >= 15 is 0 Å². The first kappa shape index (κ1) is 13.5. The molecule has 0 aliphatic carbocycles. The van der Waals surface area contributed by atoms with Crippen LogP contribution in [0.5, 0.6) is 11.6 Å². The molecule has 6 heteroatoms. The van der Waals surface area contributed by atoms with Gasteiger partial charge in [0, 0.05) is 11.8 Å². The molecule has 1 N–H and O–H groups in total. The molecule has 0 amide bonds. The van der Waals surface area contributed by atoms with Gasteiger partial charge in [0.1, 0.15) is 11.6 Å². The van der Waals surface area contributed by atoms with E-state index < -0.39 is 11.8 Å². The molecule has 0 spiro atoms. The summed E-state index contributed by atoms with van der Waals surface area (Å²) in [5.74, 6) is -0.954. The third-order valence-electron chi connectivity index (χ3n) is 2.29. The Balaban J connectivity index is 2.32. The Labute approximate surface area is 117 Å². The van der Waals surface area contributed by atoms with Crippen LogP contribution in [-0.4, -0.2) is 16.1 Å². The van der Waals surface area contributed by atoms with Crippen LogP contribution in [0.25, 0.3) is 0 Å². The summed E-state index contributed by atoms with van der Waals surface area (Å²) >= 11 is 3.04. The maximum Gasteiger partial charge on any atom is 0.335 e. The minimum atomic E-state index is -1.06. The number of nitrogens with zero attached hydrogens (tertiary/aromatic N) is 1. The van der Waals surface area contributed by atoms with Gasteiger partial charge in [-0.05, 0) is 47.1 Å². The molecule has 0 atom stereocenters. The van der Waals surface area contributed by atoms with E-state index in [4.69, 9.17) is 9.84 Å². The molecule has 19 heavy (non-hydrogen) atoms. The molecular weight excluding hydrogens is 317 g/mol. The zero-order chi connectivity index (χ0) is 14.0. The Morgan fingerprint density at radius 3 is 2.74 bits per heavy atom. The third-order valence-corrected chi connectivity index (χ3v) is 2.90. The number of carboxylic acids is 1. The highest BCUT2D eigenvalue weighted by Gasteiger charge is 2.09. The number of hydrogen-bond donors (Lipinski definition) is 1. The lowest BCUT2D eigenvalue weighted by molar-refractivity contribution is 0.0696. The van der Waals surface area contributed by atoms with Gasteiger partial charge in [0.15, 0.2) is 0 Å². The monoisotopic (exact) mass is 325 g/mol. The topological polar surface area (TPSA) is 59.4 Å². The second-order valence-electron chi connectivity index (χ2n) is 3.82. The number of pyridine rings is 1. The van der Waals surface area contributed by atoms with Crippen molar-refractivity contribution in [2.45, 2.75) is 6.92 Å². The quantitative estimate of drug-likeness (QED) is 0.932. The first-order valence-corrected chi connectivity index (χ1v) is 6.10. The van der Waals surface area contributed by atoms with Crippen molar-refractivity contribution in [2.75, 3.05) is 0 Å². The molecule has 0 radical (unpaired) electrons. The molecular formula is C13H9BrFNO3. The van der Waals surface area contributed by atoms with E-state index in [1.54, 1.807) is 6.92 Å². The maximum absolute atomic E-state index is 13.1. The molecule has 0 bridgehead atoms.